The summed E-state index contributed by atoms with van der Waals surface area (Å²) in [6.45, 7) is 3.05. The summed E-state index contributed by atoms with van der Waals surface area (Å²) >= 11 is 2.08. The molecule has 1 aliphatic heterocycles. The second-order valence-electron chi connectivity index (χ2n) is 13.2. The smallest absolute Gasteiger partial charge is 0.281 e. The van der Waals surface area contributed by atoms with E-state index in [0.717, 1.165) is 29.4 Å². The zero-order valence-electron chi connectivity index (χ0n) is 28.2. The molecule has 1 aliphatic rings. The maximum atomic E-state index is 16.3. The first-order valence-electron chi connectivity index (χ1n) is 16.6. The highest BCUT2D eigenvalue weighted by Gasteiger charge is 2.40. The zero-order chi connectivity index (χ0) is 35.9. The van der Waals surface area contributed by atoms with Crippen molar-refractivity contribution in [3.05, 3.63) is 118 Å². The maximum Gasteiger partial charge on any atom is 0.281 e. The van der Waals surface area contributed by atoms with Gasteiger partial charge in [-0.3, -0.25) is 4.68 Å². The Balaban J connectivity index is 1.44. The topological polar surface area (TPSA) is 82.8 Å². The van der Waals surface area contributed by atoms with Gasteiger partial charge in [0.2, 0.25) is 5.88 Å². The predicted octanol–water partition coefficient (Wildman–Crippen LogP) is 9.60. The summed E-state index contributed by atoms with van der Waals surface area (Å²) in [5.74, 6) is -3.82. The van der Waals surface area contributed by atoms with Crippen LogP contribution in [0, 0.1) is 11.6 Å². The van der Waals surface area contributed by atoms with E-state index in [4.69, 9.17) is 19.3 Å². The number of alkyl halides is 2. The van der Waals surface area contributed by atoms with Crippen LogP contribution in [0.1, 0.15) is 72.9 Å². The number of fused-ring (bicyclic) bond motifs is 10. The Kier molecular flexibility index (Phi) is 9.98. The standard InChI is InChI=1S/C37H36F4IN6O2P/c1-4-6-22-7-5-8-24(17-22)36(2)13-14-37(40,41)21-49-31-12-16-48(45-31)20-27-25-11-15-43-30(25)19-29(39)32(27)33(50-51-42)23-9-10-28(38)26(18-23)34-44-35(36)46-47(34)3/h5,7-12,15-19,33,43,51H,4,6,13-14,20-21H2,1-3H3. The number of hydrogen-bond acceptors (Lipinski definition) is 5. The van der Waals surface area contributed by atoms with Gasteiger partial charge in [0.15, 0.2) is 18.3 Å². The number of H-pyrrole nitrogens is 1. The second-order valence-corrected chi connectivity index (χ2v) is 14.9. The van der Waals surface area contributed by atoms with E-state index >= 15 is 17.6 Å². The molecule has 7 rings (SSSR count). The number of aryl methyl sites for hydroxylation is 2. The van der Waals surface area contributed by atoms with Crippen molar-refractivity contribution in [1.82, 2.24) is 29.5 Å². The highest BCUT2D eigenvalue weighted by atomic mass is 127. The highest BCUT2D eigenvalue weighted by molar-refractivity contribution is 14.2. The van der Waals surface area contributed by atoms with Gasteiger partial charge in [0.1, 0.15) is 17.7 Å². The van der Waals surface area contributed by atoms with E-state index < -0.39 is 42.1 Å². The third-order valence-corrected chi connectivity index (χ3v) is 10.7. The fourth-order valence-electron chi connectivity index (χ4n) is 6.88. The van der Waals surface area contributed by atoms with Crippen molar-refractivity contribution < 1.29 is 26.8 Å². The van der Waals surface area contributed by atoms with Gasteiger partial charge in [-0.15, -0.1) is 5.10 Å². The van der Waals surface area contributed by atoms with Crippen LogP contribution >= 0.6 is 28.5 Å². The molecule has 3 aromatic heterocycles. The van der Waals surface area contributed by atoms with Gasteiger partial charge in [0.25, 0.3) is 5.92 Å². The highest BCUT2D eigenvalue weighted by Crippen LogP contribution is 2.43. The molecule has 6 bridgehead atoms. The van der Waals surface area contributed by atoms with Crippen LogP contribution in [0.4, 0.5) is 17.6 Å². The zero-order valence-corrected chi connectivity index (χ0v) is 31.3. The molecular weight excluding hydrogens is 794 g/mol. The first-order chi connectivity index (χ1) is 24.5. The molecule has 6 aromatic rings. The summed E-state index contributed by atoms with van der Waals surface area (Å²) in [6, 6.07) is 17.1. The molecule has 14 heteroatoms. The van der Waals surface area contributed by atoms with Crippen LogP contribution in [0.2, 0.25) is 0 Å². The first-order valence-corrected chi connectivity index (χ1v) is 20.7. The fourth-order valence-corrected chi connectivity index (χ4v) is 7.99. The summed E-state index contributed by atoms with van der Waals surface area (Å²) in [5, 5.41) is 9.88. The molecule has 4 heterocycles. The van der Waals surface area contributed by atoms with E-state index in [1.807, 2.05) is 37.3 Å². The summed E-state index contributed by atoms with van der Waals surface area (Å²) in [4.78, 5) is 7.92. The molecule has 0 saturated carbocycles. The number of ether oxygens (including phenoxy) is 1. The summed E-state index contributed by atoms with van der Waals surface area (Å²) < 4.78 is 78.3. The van der Waals surface area contributed by atoms with Gasteiger partial charge in [0, 0.05) is 48.4 Å². The Hall–Kier alpha value is -3.81. The largest absolute Gasteiger partial charge is 0.470 e. The predicted molar refractivity (Wildman–Crippen MR) is 198 cm³/mol. The van der Waals surface area contributed by atoms with E-state index in [2.05, 4.69) is 39.0 Å². The Morgan fingerprint density at radius 2 is 1.90 bits per heavy atom. The van der Waals surface area contributed by atoms with Crippen LogP contribution < -0.4 is 4.74 Å². The molecule has 266 valence electrons. The SMILES string of the molecule is CCCc1cccc(C2(C)CCC(F)(F)COc3ccn(n3)Cc3c(c(F)cc4[nH]ccc34)C(OPI)c3ccc(F)c(c3)-c3nc2nn3C)c1. The van der Waals surface area contributed by atoms with Crippen molar-refractivity contribution in [3.8, 4) is 17.3 Å². The van der Waals surface area contributed by atoms with Gasteiger partial charge in [-0.2, -0.15) is 5.10 Å². The molecule has 0 radical (unpaired) electrons. The molecule has 0 aliphatic carbocycles. The molecule has 3 atom stereocenters. The summed E-state index contributed by atoms with van der Waals surface area (Å²) in [7, 11) is 1.65. The number of aromatic nitrogens is 6. The van der Waals surface area contributed by atoms with Gasteiger partial charge >= 0.3 is 0 Å². The van der Waals surface area contributed by atoms with Crippen molar-refractivity contribution in [3.63, 3.8) is 0 Å². The third kappa shape index (κ3) is 7.04. The molecule has 8 nitrogen and oxygen atoms in total. The van der Waals surface area contributed by atoms with Crippen LogP contribution in [0.5, 0.6) is 5.88 Å². The normalized spacial score (nSPS) is 19.4. The van der Waals surface area contributed by atoms with Crippen molar-refractivity contribution >= 4 is 39.4 Å². The molecule has 1 N–H and O–H groups in total. The molecule has 0 amide bonds. The number of nitrogens with zero attached hydrogens (tertiary/aromatic N) is 5. The number of hydrogen-bond donors (Lipinski definition) is 1. The third-order valence-electron chi connectivity index (χ3n) is 9.63. The first kappa shape index (κ1) is 35.6. The average Bonchev–Trinajstić information content (AvgIpc) is 3.86. The molecule has 0 saturated heterocycles. The minimum absolute atomic E-state index is 0.0200. The van der Waals surface area contributed by atoms with Crippen LogP contribution in [0.25, 0.3) is 22.3 Å². The monoisotopic (exact) mass is 830 g/mol. The number of rotatable bonds is 5. The minimum Gasteiger partial charge on any atom is -0.470 e. The maximum absolute atomic E-state index is 16.3. The molecule has 0 spiro atoms. The Labute approximate surface area is 307 Å². The average molecular weight is 831 g/mol. The molecule has 0 fully saturated rings. The van der Waals surface area contributed by atoms with Crippen molar-refractivity contribution in [2.45, 2.75) is 63.5 Å². The summed E-state index contributed by atoms with van der Waals surface area (Å²) in [6.07, 6.45) is 3.57. The van der Waals surface area contributed by atoms with E-state index in [1.165, 1.54) is 27.6 Å². The lowest BCUT2D eigenvalue weighted by Gasteiger charge is -2.29. The number of halogens is 5. The van der Waals surface area contributed by atoms with Crippen LogP contribution in [0.3, 0.4) is 0 Å². The molecule has 51 heavy (non-hydrogen) atoms. The van der Waals surface area contributed by atoms with Gasteiger partial charge in [-0.25, -0.2) is 27.2 Å². The van der Waals surface area contributed by atoms with E-state index in [-0.39, 0.29) is 48.1 Å². The number of aromatic amines is 1. The van der Waals surface area contributed by atoms with Crippen molar-refractivity contribution in [2.75, 3.05) is 6.61 Å². The van der Waals surface area contributed by atoms with Gasteiger partial charge in [-0.1, -0.05) is 43.7 Å². The molecule has 3 unspecified atom stereocenters. The summed E-state index contributed by atoms with van der Waals surface area (Å²) in [5.41, 5.74) is 2.80. The molecule has 3 aromatic carbocycles. The van der Waals surface area contributed by atoms with Crippen LogP contribution in [-0.4, -0.2) is 42.1 Å². The van der Waals surface area contributed by atoms with E-state index in [9.17, 15) is 0 Å². The Bertz CT molecular complexity index is 2200. The van der Waals surface area contributed by atoms with Crippen molar-refractivity contribution in [2.24, 2.45) is 7.05 Å². The molecular formula is C37H36F4IN6O2P. The Morgan fingerprint density at radius 3 is 2.71 bits per heavy atom. The lowest BCUT2D eigenvalue weighted by atomic mass is 9.76. The van der Waals surface area contributed by atoms with Gasteiger partial charge in [-0.05, 0) is 88.3 Å². The van der Waals surface area contributed by atoms with Crippen LogP contribution in [-0.2, 0) is 30.0 Å². The van der Waals surface area contributed by atoms with E-state index in [0.29, 0.717) is 16.6 Å². The van der Waals surface area contributed by atoms with Gasteiger partial charge in [0.05, 0.1) is 24.0 Å². The van der Waals surface area contributed by atoms with Crippen molar-refractivity contribution in [1.29, 1.82) is 0 Å². The quantitative estimate of drug-likeness (QED) is 0.106. The van der Waals surface area contributed by atoms with E-state index in [1.54, 1.807) is 31.6 Å². The second kappa shape index (κ2) is 14.3. The number of benzene rings is 3. The lowest BCUT2D eigenvalue weighted by molar-refractivity contribution is -0.0532. The fraction of sp³-hybridized carbons (Fsp3) is 0.324. The van der Waals surface area contributed by atoms with Crippen LogP contribution in [0.15, 0.2) is 73.1 Å². The minimum atomic E-state index is -3.23. The Morgan fingerprint density at radius 1 is 1.06 bits per heavy atom. The lowest BCUT2D eigenvalue weighted by Crippen LogP contribution is -2.32. The van der Waals surface area contributed by atoms with Gasteiger partial charge < -0.3 is 14.2 Å². The number of nitrogens with one attached hydrogen (secondary N) is 1.